The Kier molecular flexibility index (Phi) is 4.49. The van der Waals surface area contributed by atoms with Crippen molar-refractivity contribution >= 4 is 35.3 Å². The number of carbonyl (C=O) groups is 3. The average molecular weight is 376 g/mol. The minimum absolute atomic E-state index is 0.333. The molecule has 2 aliphatic rings. The SMILES string of the molecule is CC(=O)Oc1ccc(N2C(=O)[C@@H]3C(/C=C/c4ccccc4)=NO[C@H]3C2=O)cc1. The first-order chi connectivity index (χ1) is 13.5. The first kappa shape index (κ1) is 17.7. The van der Waals surface area contributed by atoms with Crippen LogP contribution >= 0.6 is 0 Å². The van der Waals surface area contributed by atoms with Crippen molar-refractivity contribution in [1.82, 2.24) is 0 Å². The number of oxime groups is 1. The van der Waals surface area contributed by atoms with Crippen LogP contribution in [0.1, 0.15) is 12.5 Å². The molecule has 2 atom stereocenters. The quantitative estimate of drug-likeness (QED) is 0.465. The number of amides is 2. The highest BCUT2D eigenvalue weighted by molar-refractivity contribution is 6.31. The molecule has 2 amide bonds. The zero-order valence-electron chi connectivity index (χ0n) is 14.9. The monoisotopic (exact) mass is 376 g/mol. The Balaban J connectivity index is 1.55. The molecule has 28 heavy (non-hydrogen) atoms. The standard InChI is InChI=1S/C21H16N2O5/c1-13(24)27-16-10-8-15(9-11-16)23-20(25)18-17(22-28-19(18)21(23)26)12-7-14-5-3-2-4-6-14/h2-12,18-19H,1H3/b12-7+/t18-,19-/m1/s1. The molecule has 0 N–H and O–H groups in total. The van der Waals surface area contributed by atoms with Crippen LogP contribution in [0.25, 0.3) is 6.08 Å². The third-order valence-corrected chi connectivity index (χ3v) is 4.45. The van der Waals surface area contributed by atoms with Gasteiger partial charge in [0.25, 0.3) is 5.91 Å². The summed E-state index contributed by atoms with van der Waals surface area (Å²) in [5, 5.41) is 3.92. The summed E-state index contributed by atoms with van der Waals surface area (Å²) in [5.41, 5.74) is 1.74. The Hall–Kier alpha value is -3.74. The third-order valence-electron chi connectivity index (χ3n) is 4.45. The first-order valence-electron chi connectivity index (χ1n) is 8.68. The molecule has 0 radical (unpaired) electrons. The Morgan fingerprint density at radius 2 is 1.75 bits per heavy atom. The lowest BCUT2D eigenvalue weighted by Gasteiger charge is -2.15. The highest BCUT2D eigenvalue weighted by Crippen LogP contribution is 2.34. The molecule has 7 heteroatoms. The van der Waals surface area contributed by atoms with Crippen LogP contribution in [0.3, 0.4) is 0 Å². The Morgan fingerprint density at radius 3 is 2.43 bits per heavy atom. The molecule has 4 rings (SSSR count). The van der Waals surface area contributed by atoms with Crippen LogP contribution in [0.2, 0.25) is 0 Å². The van der Waals surface area contributed by atoms with Gasteiger partial charge in [0.05, 0.1) is 11.4 Å². The van der Waals surface area contributed by atoms with E-state index in [0.29, 0.717) is 17.1 Å². The maximum absolute atomic E-state index is 12.9. The largest absolute Gasteiger partial charge is 0.427 e. The van der Waals surface area contributed by atoms with Crippen molar-refractivity contribution < 1.29 is 24.0 Å². The van der Waals surface area contributed by atoms with E-state index < -0.39 is 29.8 Å². The van der Waals surface area contributed by atoms with Crippen molar-refractivity contribution in [1.29, 1.82) is 0 Å². The maximum atomic E-state index is 12.9. The van der Waals surface area contributed by atoms with Gasteiger partial charge in [0.1, 0.15) is 11.7 Å². The van der Waals surface area contributed by atoms with Gasteiger partial charge in [-0.3, -0.25) is 14.4 Å². The summed E-state index contributed by atoms with van der Waals surface area (Å²) in [7, 11) is 0. The topological polar surface area (TPSA) is 85.3 Å². The molecule has 0 unspecified atom stereocenters. The van der Waals surface area contributed by atoms with Crippen molar-refractivity contribution in [3.63, 3.8) is 0 Å². The summed E-state index contributed by atoms with van der Waals surface area (Å²) in [6.07, 6.45) is 2.55. The average Bonchev–Trinajstić information content (AvgIpc) is 3.21. The van der Waals surface area contributed by atoms with Crippen LogP contribution < -0.4 is 9.64 Å². The van der Waals surface area contributed by atoms with Gasteiger partial charge in [-0.05, 0) is 35.9 Å². The zero-order chi connectivity index (χ0) is 19.7. The van der Waals surface area contributed by atoms with Gasteiger partial charge >= 0.3 is 5.97 Å². The number of ether oxygens (including phenoxy) is 1. The van der Waals surface area contributed by atoms with E-state index in [-0.39, 0.29) is 0 Å². The number of carbonyl (C=O) groups excluding carboxylic acids is 3. The lowest BCUT2D eigenvalue weighted by molar-refractivity contribution is -0.132. The molecule has 2 heterocycles. The van der Waals surface area contributed by atoms with Gasteiger partial charge in [-0.1, -0.05) is 41.6 Å². The van der Waals surface area contributed by atoms with Crippen LogP contribution in [0, 0.1) is 5.92 Å². The molecular weight excluding hydrogens is 360 g/mol. The van der Waals surface area contributed by atoms with E-state index in [1.807, 2.05) is 36.4 Å². The van der Waals surface area contributed by atoms with E-state index in [1.54, 1.807) is 18.2 Å². The number of hydrogen-bond acceptors (Lipinski definition) is 6. The lowest BCUT2D eigenvalue weighted by atomic mass is 9.99. The van der Waals surface area contributed by atoms with Crippen molar-refractivity contribution in [3.05, 3.63) is 66.2 Å². The number of anilines is 1. The summed E-state index contributed by atoms with van der Waals surface area (Å²) in [6, 6.07) is 15.7. The Labute approximate surface area is 160 Å². The number of hydrogen-bond donors (Lipinski definition) is 0. The predicted molar refractivity (Wildman–Crippen MR) is 102 cm³/mol. The smallest absolute Gasteiger partial charge is 0.308 e. The van der Waals surface area contributed by atoms with Crippen LogP contribution in [0.15, 0.2) is 65.8 Å². The highest BCUT2D eigenvalue weighted by Gasteiger charge is 2.55. The fourth-order valence-electron chi connectivity index (χ4n) is 3.17. The minimum Gasteiger partial charge on any atom is -0.427 e. The second-order valence-electron chi connectivity index (χ2n) is 6.36. The molecule has 140 valence electrons. The molecule has 1 fully saturated rings. The maximum Gasteiger partial charge on any atom is 0.308 e. The summed E-state index contributed by atoms with van der Waals surface area (Å²) in [4.78, 5) is 42.9. The van der Waals surface area contributed by atoms with E-state index in [9.17, 15) is 14.4 Å². The number of rotatable bonds is 4. The molecule has 2 aromatic carbocycles. The number of fused-ring (bicyclic) bond motifs is 1. The fraction of sp³-hybridized carbons (Fsp3) is 0.143. The van der Waals surface area contributed by atoms with Gasteiger partial charge in [-0.25, -0.2) is 4.90 Å². The van der Waals surface area contributed by atoms with Crippen molar-refractivity contribution in [2.75, 3.05) is 4.90 Å². The van der Waals surface area contributed by atoms with E-state index in [4.69, 9.17) is 9.57 Å². The summed E-state index contributed by atoms with van der Waals surface area (Å²) in [6.45, 7) is 1.30. The number of allylic oxidation sites excluding steroid dienone is 1. The van der Waals surface area contributed by atoms with Gasteiger partial charge in [-0.15, -0.1) is 0 Å². The zero-order valence-corrected chi connectivity index (χ0v) is 14.9. The molecule has 7 nitrogen and oxygen atoms in total. The van der Waals surface area contributed by atoms with E-state index >= 15 is 0 Å². The normalized spacial score (nSPS) is 20.9. The molecule has 0 saturated carbocycles. The third kappa shape index (κ3) is 3.18. The second-order valence-corrected chi connectivity index (χ2v) is 6.36. The van der Waals surface area contributed by atoms with Gasteiger partial charge < -0.3 is 9.57 Å². The van der Waals surface area contributed by atoms with Gasteiger partial charge in [0.2, 0.25) is 12.0 Å². The van der Waals surface area contributed by atoms with E-state index in [0.717, 1.165) is 10.5 Å². The molecular formula is C21H16N2O5. The fourth-order valence-corrected chi connectivity index (χ4v) is 3.17. The molecule has 1 saturated heterocycles. The summed E-state index contributed by atoms with van der Waals surface area (Å²) < 4.78 is 4.97. The van der Waals surface area contributed by atoms with Crippen LogP contribution in [-0.4, -0.2) is 29.6 Å². The second kappa shape index (κ2) is 7.11. The number of benzene rings is 2. The molecule has 0 aromatic heterocycles. The van der Waals surface area contributed by atoms with Crippen molar-refractivity contribution in [2.45, 2.75) is 13.0 Å². The minimum atomic E-state index is -0.962. The highest BCUT2D eigenvalue weighted by atomic mass is 16.6. The van der Waals surface area contributed by atoms with E-state index in [2.05, 4.69) is 5.16 Å². The number of nitrogens with zero attached hydrogens (tertiary/aromatic N) is 2. The van der Waals surface area contributed by atoms with Crippen LogP contribution in [0.5, 0.6) is 5.75 Å². The Morgan fingerprint density at radius 1 is 1.04 bits per heavy atom. The summed E-state index contributed by atoms with van der Waals surface area (Å²) in [5.74, 6) is -1.76. The van der Waals surface area contributed by atoms with Crippen LogP contribution in [0.4, 0.5) is 5.69 Å². The predicted octanol–water partition coefficient (Wildman–Crippen LogP) is 2.57. The van der Waals surface area contributed by atoms with Gasteiger partial charge in [0.15, 0.2) is 0 Å². The van der Waals surface area contributed by atoms with E-state index in [1.165, 1.54) is 19.1 Å². The molecule has 2 aromatic rings. The lowest BCUT2D eigenvalue weighted by Crippen LogP contribution is -2.32. The summed E-state index contributed by atoms with van der Waals surface area (Å²) >= 11 is 0. The molecule has 0 bridgehead atoms. The molecule has 0 spiro atoms. The van der Waals surface area contributed by atoms with Crippen LogP contribution in [-0.2, 0) is 19.2 Å². The van der Waals surface area contributed by atoms with Gasteiger partial charge in [0, 0.05) is 6.92 Å². The van der Waals surface area contributed by atoms with Gasteiger partial charge in [-0.2, -0.15) is 0 Å². The van der Waals surface area contributed by atoms with Crippen molar-refractivity contribution in [3.8, 4) is 5.75 Å². The molecule has 0 aliphatic carbocycles. The molecule has 2 aliphatic heterocycles. The number of esters is 1. The number of imide groups is 1. The Bertz CT molecular complexity index is 995. The van der Waals surface area contributed by atoms with Crippen molar-refractivity contribution in [2.24, 2.45) is 11.1 Å². The first-order valence-corrected chi connectivity index (χ1v) is 8.68.